The highest BCUT2D eigenvalue weighted by atomic mass is 16.4. The number of hydrogen-bond donors (Lipinski definition) is 4. The molecule has 0 spiro atoms. The number of hydrogen-bond acceptors (Lipinski definition) is 5. The summed E-state index contributed by atoms with van der Waals surface area (Å²) in [6.45, 7) is 1.08. The Morgan fingerprint density at radius 1 is 1.10 bits per heavy atom. The van der Waals surface area contributed by atoms with E-state index in [1.54, 1.807) is 54.7 Å². The van der Waals surface area contributed by atoms with Gasteiger partial charge in [0, 0.05) is 25.0 Å². The first-order valence-electron chi connectivity index (χ1n) is 9.16. The first-order valence-corrected chi connectivity index (χ1v) is 9.16. The average Bonchev–Trinajstić information content (AvgIpc) is 2.72. The number of amides is 1. The SMILES string of the molecule is NCCNc1ccn2c(=O)c(C(=O)NC(CC(=O)O)c3ccccc3)ccc2c1. The van der Waals surface area contributed by atoms with Gasteiger partial charge in [-0.05, 0) is 29.8 Å². The number of carboxylic acid groups (broad SMARTS) is 1. The Hall–Kier alpha value is -3.65. The van der Waals surface area contributed by atoms with Crippen LogP contribution in [0.1, 0.15) is 28.4 Å². The van der Waals surface area contributed by atoms with Crippen molar-refractivity contribution in [1.29, 1.82) is 0 Å². The molecule has 1 aromatic carbocycles. The van der Waals surface area contributed by atoms with Crippen molar-refractivity contribution in [3.05, 3.63) is 82.3 Å². The minimum atomic E-state index is -1.05. The molecule has 0 aliphatic carbocycles. The first kappa shape index (κ1) is 20.1. The van der Waals surface area contributed by atoms with E-state index in [2.05, 4.69) is 10.6 Å². The third kappa shape index (κ3) is 4.80. The smallest absolute Gasteiger partial charge is 0.305 e. The Morgan fingerprint density at radius 3 is 2.55 bits per heavy atom. The van der Waals surface area contributed by atoms with Gasteiger partial charge < -0.3 is 21.5 Å². The standard InChI is InChI=1S/C21H22N4O4/c22-9-10-23-15-8-11-25-16(12-15)6-7-17(21(25)29)20(28)24-18(13-19(26)27)14-4-2-1-3-5-14/h1-8,11-12,18,23H,9-10,13,22H2,(H,24,28)(H,26,27). The molecular formula is C21H22N4O4. The molecular weight excluding hydrogens is 372 g/mol. The van der Waals surface area contributed by atoms with Crippen LogP contribution >= 0.6 is 0 Å². The van der Waals surface area contributed by atoms with Crippen molar-refractivity contribution >= 4 is 23.1 Å². The second kappa shape index (κ2) is 9.03. The van der Waals surface area contributed by atoms with Gasteiger partial charge in [-0.2, -0.15) is 0 Å². The number of aliphatic carboxylic acids is 1. The largest absolute Gasteiger partial charge is 0.481 e. The lowest BCUT2D eigenvalue weighted by molar-refractivity contribution is -0.137. The number of benzene rings is 1. The Balaban J connectivity index is 1.88. The van der Waals surface area contributed by atoms with Crippen molar-refractivity contribution in [1.82, 2.24) is 9.72 Å². The van der Waals surface area contributed by atoms with Crippen LogP contribution in [-0.2, 0) is 4.79 Å². The van der Waals surface area contributed by atoms with E-state index in [0.717, 1.165) is 5.69 Å². The zero-order valence-corrected chi connectivity index (χ0v) is 15.7. The molecule has 0 fully saturated rings. The molecule has 8 nitrogen and oxygen atoms in total. The molecule has 0 saturated heterocycles. The number of nitrogens with zero attached hydrogens (tertiary/aromatic N) is 1. The van der Waals surface area contributed by atoms with Crippen LogP contribution in [0.25, 0.3) is 5.52 Å². The minimum Gasteiger partial charge on any atom is -0.481 e. The monoisotopic (exact) mass is 394 g/mol. The predicted molar refractivity (Wildman–Crippen MR) is 110 cm³/mol. The molecule has 150 valence electrons. The van der Waals surface area contributed by atoms with E-state index >= 15 is 0 Å². The van der Waals surface area contributed by atoms with Crippen LogP contribution in [0.4, 0.5) is 5.69 Å². The number of fused-ring (bicyclic) bond motifs is 1. The lowest BCUT2D eigenvalue weighted by Crippen LogP contribution is -2.34. The summed E-state index contributed by atoms with van der Waals surface area (Å²) in [5.74, 6) is -1.67. The van der Waals surface area contributed by atoms with Crippen LogP contribution in [0.2, 0.25) is 0 Å². The molecule has 8 heteroatoms. The number of carboxylic acids is 1. The lowest BCUT2D eigenvalue weighted by atomic mass is 10.0. The van der Waals surface area contributed by atoms with Crippen LogP contribution < -0.4 is 21.9 Å². The molecule has 0 saturated carbocycles. The predicted octanol–water partition coefficient (Wildman–Crippen LogP) is 1.62. The molecule has 0 aliphatic rings. The van der Waals surface area contributed by atoms with E-state index in [-0.39, 0.29) is 12.0 Å². The van der Waals surface area contributed by atoms with Crippen LogP contribution in [-0.4, -0.2) is 34.5 Å². The Bertz CT molecular complexity index is 1080. The van der Waals surface area contributed by atoms with Crippen LogP contribution in [0.3, 0.4) is 0 Å². The van der Waals surface area contributed by atoms with Crippen molar-refractivity contribution in [2.45, 2.75) is 12.5 Å². The topological polar surface area (TPSA) is 126 Å². The minimum absolute atomic E-state index is 0.0588. The molecule has 1 amide bonds. The normalized spacial score (nSPS) is 11.8. The van der Waals surface area contributed by atoms with Gasteiger partial charge in [-0.25, -0.2) is 0 Å². The first-order chi connectivity index (χ1) is 14.0. The summed E-state index contributed by atoms with van der Waals surface area (Å²) in [6, 6.07) is 14.7. The zero-order chi connectivity index (χ0) is 20.8. The number of aromatic nitrogens is 1. The Labute approximate surface area is 167 Å². The van der Waals surface area contributed by atoms with Gasteiger partial charge in [0.25, 0.3) is 11.5 Å². The molecule has 2 aromatic heterocycles. The van der Waals surface area contributed by atoms with E-state index in [9.17, 15) is 19.5 Å². The molecule has 1 unspecified atom stereocenters. The van der Waals surface area contributed by atoms with E-state index in [4.69, 9.17) is 5.73 Å². The maximum Gasteiger partial charge on any atom is 0.305 e. The van der Waals surface area contributed by atoms with Gasteiger partial charge in [0.05, 0.1) is 18.0 Å². The molecule has 0 aliphatic heterocycles. The number of rotatable bonds is 8. The Morgan fingerprint density at radius 2 is 1.86 bits per heavy atom. The van der Waals surface area contributed by atoms with E-state index in [1.807, 2.05) is 0 Å². The number of carbonyl (C=O) groups excluding carboxylic acids is 1. The van der Waals surface area contributed by atoms with Gasteiger partial charge in [-0.3, -0.25) is 18.8 Å². The summed E-state index contributed by atoms with van der Waals surface area (Å²) in [7, 11) is 0. The lowest BCUT2D eigenvalue weighted by Gasteiger charge is -2.17. The maximum absolute atomic E-state index is 12.8. The number of pyridine rings is 2. The van der Waals surface area contributed by atoms with Gasteiger partial charge in [-0.15, -0.1) is 0 Å². The van der Waals surface area contributed by atoms with E-state index < -0.39 is 23.5 Å². The second-order valence-electron chi connectivity index (χ2n) is 6.51. The van der Waals surface area contributed by atoms with Gasteiger partial charge in [-0.1, -0.05) is 30.3 Å². The summed E-state index contributed by atoms with van der Waals surface area (Å²) in [5.41, 5.74) is 7.03. The molecule has 3 aromatic rings. The van der Waals surface area contributed by atoms with Crippen molar-refractivity contribution in [2.24, 2.45) is 5.73 Å². The van der Waals surface area contributed by atoms with Crippen LogP contribution in [0, 0.1) is 0 Å². The maximum atomic E-state index is 12.8. The molecule has 0 bridgehead atoms. The summed E-state index contributed by atoms with van der Waals surface area (Å²) in [5, 5.41) is 15.0. The highest BCUT2D eigenvalue weighted by Crippen LogP contribution is 2.17. The van der Waals surface area contributed by atoms with Gasteiger partial charge in [0.1, 0.15) is 5.56 Å². The van der Waals surface area contributed by atoms with Crippen molar-refractivity contribution in [3.63, 3.8) is 0 Å². The van der Waals surface area contributed by atoms with Crippen LogP contribution in [0.5, 0.6) is 0 Å². The molecule has 3 rings (SSSR count). The van der Waals surface area contributed by atoms with Crippen molar-refractivity contribution < 1.29 is 14.7 Å². The van der Waals surface area contributed by atoms with Gasteiger partial charge in [0.15, 0.2) is 0 Å². The molecule has 29 heavy (non-hydrogen) atoms. The number of nitrogens with two attached hydrogens (primary N) is 1. The third-order valence-corrected chi connectivity index (χ3v) is 4.46. The highest BCUT2D eigenvalue weighted by Gasteiger charge is 2.21. The summed E-state index contributed by atoms with van der Waals surface area (Å²) in [4.78, 5) is 36.7. The summed E-state index contributed by atoms with van der Waals surface area (Å²) in [6.07, 6.45) is 1.29. The molecule has 1 atom stereocenters. The fraction of sp³-hybridized carbons (Fsp3) is 0.190. The fourth-order valence-electron chi connectivity index (χ4n) is 3.05. The molecule has 2 heterocycles. The Kier molecular flexibility index (Phi) is 6.25. The number of carbonyl (C=O) groups is 2. The van der Waals surface area contributed by atoms with Gasteiger partial charge in [0.2, 0.25) is 0 Å². The van der Waals surface area contributed by atoms with Crippen LogP contribution in [0.15, 0.2) is 65.6 Å². The van der Waals surface area contributed by atoms with E-state index in [0.29, 0.717) is 24.2 Å². The highest BCUT2D eigenvalue weighted by molar-refractivity contribution is 5.94. The van der Waals surface area contributed by atoms with Crippen molar-refractivity contribution in [2.75, 3.05) is 18.4 Å². The molecule has 0 radical (unpaired) electrons. The quantitative estimate of drug-likeness (QED) is 0.460. The molecule has 5 N–H and O–H groups in total. The summed E-state index contributed by atoms with van der Waals surface area (Å²) >= 11 is 0. The fourth-order valence-corrected chi connectivity index (χ4v) is 3.05. The average molecular weight is 394 g/mol. The van der Waals surface area contributed by atoms with Crippen molar-refractivity contribution in [3.8, 4) is 0 Å². The third-order valence-electron chi connectivity index (χ3n) is 4.46. The van der Waals surface area contributed by atoms with Gasteiger partial charge >= 0.3 is 5.97 Å². The number of nitrogens with one attached hydrogen (secondary N) is 2. The second-order valence-corrected chi connectivity index (χ2v) is 6.51. The zero-order valence-electron chi connectivity index (χ0n) is 15.7. The summed E-state index contributed by atoms with van der Waals surface area (Å²) < 4.78 is 1.37. The number of anilines is 1. The van der Waals surface area contributed by atoms with E-state index in [1.165, 1.54) is 10.5 Å².